The van der Waals surface area contributed by atoms with Crippen molar-refractivity contribution in [2.75, 3.05) is 25.6 Å². The molecule has 1 aromatic heterocycles. The van der Waals surface area contributed by atoms with Gasteiger partial charge in [-0.15, -0.1) is 0 Å². The number of aromatic nitrogens is 2. The van der Waals surface area contributed by atoms with Crippen molar-refractivity contribution in [2.45, 2.75) is 19.4 Å². The first-order chi connectivity index (χ1) is 17.4. The van der Waals surface area contributed by atoms with E-state index in [0.29, 0.717) is 47.7 Å². The highest BCUT2D eigenvalue weighted by Crippen LogP contribution is 2.27. The smallest absolute Gasteiger partial charge is 0.322 e. The van der Waals surface area contributed by atoms with Gasteiger partial charge in [-0.2, -0.15) is 0 Å². The van der Waals surface area contributed by atoms with Gasteiger partial charge < -0.3 is 15.0 Å². The van der Waals surface area contributed by atoms with E-state index in [1.807, 2.05) is 73.7 Å². The second-order valence-corrected chi connectivity index (χ2v) is 9.98. The van der Waals surface area contributed by atoms with E-state index in [1.54, 1.807) is 22.6 Å². The lowest BCUT2D eigenvalue weighted by molar-refractivity contribution is 0.131. The summed E-state index contributed by atoms with van der Waals surface area (Å²) in [6.45, 7) is 2.63. The predicted molar refractivity (Wildman–Crippen MR) is 150 cm³/mol. The van der Waals surface area contributed by atoms with E-state index in [2.05, 4.69) is 37.2 Å². The third-order valence-electron chi connectivity index (χ3n) is 5.84. The zero-order valence-corrected chi connectivity index (χ0v) is 23.1. The first-order valence-electron chi connectivity index (χ1n) is 11.5. The van der Waals surface area contributed by atoms with Crippen molar-refractivity contribution in [3.05, 3.63) is 97.9 Å². The number of rotatable bonds is 8. The Labute approximate surface area is 226 Å². The molecule has 0 radical (unpaired) electrons. The van der Waals surface area contributed by atoms with Crippen molar-refractivity contribution in [3.8, 4) is 5.69 Å². The van der Waals surface area contributed by atoms with Crippen molar-refractivity contribution >= 4 is 54.5 Å². The van der Waals surface area contributed by atoms with Crippen LogP contribution in [-0.2, 0) is 4.74 Å². The van der Waals surface area contributed by atoms with Crippen LogP contribution in [0, 0.1) is 0 Å². The Balaban J connectivity index is 1.85. The van der Waals surface area contributed by atoms with E-state index in [9.17, 15) is 9.59 Å². The molecule has 4 aromatic rings. The van der Waals surface area contributed by atoms with Gasteiger partial charge in [0.2, 0.25) is 0 Å². The Morgan fingerprint density at radius 2 is 1.67 bits per heavy atom. The SMILES string of the molecule is CCC(c1nc2ccccc2c(=O)n1-c1ccc(Br)cc1)N(CCOC)C(=O)Nc1ccc(Br)cc1. The zero-order chi connectivity index (χ0) is 25.7. The van der Waals surface area contributed by atoms with Gasteiger partial charge in [0.05, 0.1) is 29.2 Å². The maximum Gasteiger partial charge on any atom is 0.322 e. The number of carbonyl (C=O) groups is 1. The number of halogens is 2. The zero-order valence-electron chi connectivity index (χ0n) is 19.9. The highest BCUT2D eigenvalue weighted by Gasteiger charge is 2.29. The van der Waals surface area contributed by atoms with Gasteiger partial charge in [0.1, 0.15) is 5.82 Å². The monoisotopic (exact) mass is 612 g/mol. The van der Waals surface area contributed by atoms with Crippen LogP contribution >= 0.6 is 31.9 Å². The van der Waals surface area contributed by atoms with Gasteiger partial charge in [-0.3, -0.25) is 9.36 Å². The quantitative estimate of drug-likeness (QED) is 0.245. The number of nitrogens with zero attached hydrogens (tertiary/aromatic N) is 3. The second kappa shape index (κ2) is 11.8. The number of para-hydroxylation sites is 1. The van der Waals surface area contributed by atoms with Gasteiger partial charge in [-0.25, -0.2) is 9.78 Å². The van der Waals surface area contributed by atoms with Crippen LogP contribution in [0.1, 0.15) is 25.2 Å². The van der Waals surface area contributed by atoms with Crippen LogP contribution in [-0.4, -0.2) is 40.7 Å². The van der Waals surface area contributed by atoms with Crippen molar-refractivity contribution in [1.82, 2.24) is 14.5 Å². The van der Waals surface area contributed by atoms with Crippen LogP contribution in [0.15, 0.2) is 86.5 Å². The average molecular weight is 614 g/mol. The molecule has 0 aliphatic rings. The lowest BCUT2D eigenvalue weighted by Gasteiger charge is -2.32. The number of urea groups is 1. The number of ether oxygens (including phenoxy) is 1. The minimum atomic E-state index is -0.489. The van der Waals surface area contributed by atoms with Crippen molar-refractivity contribution in [2.24, 2.45) is 0 Å². The van der Waals surface area contributed by atoms with E-state index in [4.69, 9.17) is 9.72 Å². The minimum Gasteiger partial charge on any atom is -0.383 e. The van der Waals surface area contributed by atoms with Gasteiger partial charge >= 0.3 is 6.03 Å². The number of methoxy groups -OCH3 is 1. The van der Waals surface area contributed by atoms with E-state index < -0.39 is 6.04 Å². The minimum absolute atomic E-state index is 0.184. The van der Waals surface area contributed by atoms with Crippen LogP contribution in [0.3, 0.4) is 0 Å². The number of fused-ring (bicyclic) bond motifs is 1. The first-order valence-corrected chi connectivity index (χ1v) is 13.1. The Bertz CT molecular complexity index is 1410. The third kappa shape index (κ3) is 5.69. The molecule has 0 saturated carbocycles. The molecular weight excluding hydrogens is 588 g/mol. The normalized spacial score (nSPS) is 11.9. The van der Waals surface area contributed by atoms with Crippen LogP contribution in [0.4, 0.5) is 10.5 Å². The molecule has 36 heavy (non-hydrogen) atoms. The molecule has 7 nitrogen and oxygen atoms in total. The van der Waals surface area contributed by atoms with E-state index in [0.717, 1.165) is 8.95 Å². The molecule has 1 N–H and O–H groups in total. The summed E-state index contributed by atoms with van der Waals surface area (Å²) in [6.07, 6.45) is 0.540. The molecule has 0 bridgehead atoms. The van der Waals surface area contributed by atoms with Gasteiger partial charge in [-0.05, 0) is 67.1 Å². The summed E-state index contributed by atoms with van der Waals surface area (Å²) < 4.78 is 8.74. The van der Waals surface area contributed by atoms with E-state index in [-0.39, 0.29) is 11.6 Å². The topological polar surface area (TPSA) is 76.5 Å². The maximum absolute atomic E-state index is 13.7. The van der Waals surface area contributed by atoms with E-state index >= 15 is 0 Å². The van der Waals surface area contributed by atoms with Crippen molar-refractivity contribution in [3.63, 3.8) is 0 Å². The summed E-state index contributed by atoms with van der Waals surface area (Å²) in [7, 11) is 1.60. The summed E-state index contributed by atoms with van der Waals surface area (Å²) in [5, 5.41) is 3.49. The molecule has 1 unspecified atom stereocenters. The summed E-state index contributed by atoms with van der Waals surface area (Å²) in [5.41, 5.74) is 1.74. The Morgan fingerprint density at radius 1 is 1.03 bits per heavy atom. The summed E-state index contributed by atoms with van der Waals surface area (Å²) in [6, 6.07) is 21.3. The lowest BCUT2D eigenvalue weighted by atomic mass is 10.1. The van der Waals surface area contributed by atoms with Gasteiger partial charge in [0.25, 0.3) is 5.56 Å². The second-order valence-electron chi connectivity index (χ2n) is 8.15. The molecule has 2 amide bonds. The number of carbonyl (C=O) groups excluding carboxylic acids is 1. The lowest BCUT2D eigenvalue weighted by Crippen LogP contribution is -2.42. The number of anilines is 1. The van der Waals surface area contributed by atoms with Crippen LogP contribution in [0.25, 0.3) is 16.6 Å². The molecule has 0 spiro atoms. The number of hydrogen-bond acceptors (Lipinski definition) is 4. The number of benzene rings is 3. The van der Waals surface area contributed by atoms with Crippen molar-refractivity contribution < 1.29 is 9.53 Å². The molecule has 4 rings (SSSR count). The molecule has 1 atom stereocenters. The largest absolute Gasteiger partial charge is 0.383 e. The summed E-state index contributed by atoms with van der Waals surface area (Å²) in [5.74, 6) is 0.491. The Kier molecular flexibility index (Phi) is 8.56. The average Bonchev–Trinajstić information content (AvgIpc) is 2.88. The van der Waals surface area contributed by atoms with Crippen molar-refractivity contribution in [1.29, 1.82) is 0 Å². The maximum atomic E-state index is 13.7. The summed E-state index contributed by atoms with van der Waals surface area (Å²) in [4.78, 5) is 33.9. The number of amides is 2. The molecule has 0 aliphatic heterocycles. The van der Waals surface area contributed by atoms with Gasteiger partial charge in [-0.1, -0.05) is 50.9 Å². The standard InChI is InChI=1S/C27H26Br2N4O3/c1-3-24(32(16-17-36-2)27(35)30-20-12-8-18(28)9-13-20)25-31-23-7-5-4-6-22(23)26(34)33(25)21-14-10-19(29)11-15-21/h4-15,24H,3,16-17H2,1-2H3,(H,30,35). The molecule has 1 heterocycles. The fourth-order valence-corrected chi connectivity index (χ4v) is 4.60. The van der Waals surface area contributed by atoms with Gasteiger partial charge in [0, 0.05) is 28.3 Å². The fraction of sp³-hybridized carbons (Fsp3) is 0.222. The van der Waals surface area contributed by atoms with E-state index in [1.165, 1.54) is 0 Å². The van der Waals surface area contributed by atoms with Crippen LogP contribution in [0.2, 0.25) is 0 Å². The molecule has 0 fully saturated rings. The highest BCUT2D eigenvalue weighted by molar-refractivity contribution is 9.10. The number of hydrogen-bond donors (Lipinski definition) is 1. The molecule has 186 valence electrons. The van der Waals surface area contributed by atoms with Gasteiger partial charge in [0.15, 0.2) is 0 Å². The Hall–Kier alpha value is -3.01. The first kappa shape index (κ1) is 26.1. The molecule has 9 heteroatoms. The molecular formula is C27H26Br2N4O3. The van der Waals surface area contributed by atoms with Crippen LogP contribution in [0.5, 0.6) is 0 Å². The molecule has 0 aliphatic carbocycles. The fourth-order valence-electron chi connectivity index (χ4n) is 4.07. The molecule has 0 saturated heterocycles. The number of nitrogens with one attached hydrogen (secondary N) is 1. The highest BCUT2D eigenvalue weighted by atomic mass is 79.9. The summed E-state index contributed by atoms with van der Waals surface area (Å²) >= 11 is 6.88. The Morgan fingerprint density at radius 3 is 2.31 bits per heavy atom. The van der Waals surface area contributed by atoms with Crippen LogP contribution < -0.4 is 10.9 Å². The molecule has 3 aromatic carbocycles. The predicted octanol–water partition coefficient (Wildman–Crippen LogP) is 6.54. The third-order valence-corrected chi connectivity index (χ3v) is 6.90.